The molecule has 0 unspecified atom stereocenters. The molecule has 3 rings (SSSR count). The second-order valence-corrected chi connectivity index (χ2v) is 4.42. The first-order valence-electron chi connectivity index (χ1n) is 5.76. The summed E-state index contributed by atoms with van der Waals surface area (Å²) in [5, 5.41) is 6.08. The van der Waals surface area contributed by atoms with E-state index in [0.29, 0.717) is 5.76 Å². The van der Waals surface area contributed by atoms with Gasteiger partial charge in [-0.25, -0.2) is 0 Å². The van der Waals surface area contributed by atoms with Crippen molar-refractivity contribution < 1.29 is 9.53 Å². The van der Waals surface area contributed by atoms with Gasteiger partial charge >= 0.3 is 0 Å². The van der Waals surface area contributed by atoms with Crippen molar-refractivity contribution >= 4 is 11.6 Å². The van der Waals surface area contributed by atoms with Gasteiger partial charge in [0.1, 0.15) is 0 Å². The maximum Gasteiger partial charge on any atom is 0.291 e. The molecule has 2 aliphatic rings. The molecular formula is C13H14N2O2. The minimum absolute atomic E-state index is 0.137. The number of benzene rings is 1. The second kappa shape index (κ2) is 3.89. The van der Waals surface area contributed by atoms with E-state index >= 15 is 0 Å². The Morgan fingerprint density at radius 2 is 2.24 bits per heavy atom. The Labute approximate surface area is 99.7 Å². The van der Waals surface area contributed by atoms with Crippen molar-refractivity contribution in [2.45, 2.75) is 13.3 Å². The van der Waals surface area contributed by atoms with Gasteiger partial charge in [-0.1, -0.05) is 6.07 Å². The lowest BCUT2D eigenvalue weighted by Gasteiger charge is -2.21. The predicted octanol–water partition coefficient (Wildman–Crippen LogP) is 1.57. The van der Waals surface area contributed by atoms with Gasteiger partial charge in [0.2, 0.25) is 0 Å². The summed E-state index contributed by atoms with van der Waals surface area (Å²) >= 11 is 0. The zero-order valence-corrected chi connectivity index (χ0v) is 9.67. The van der Waals surface area contributed by atoms with Crippen LogP contribution in [-0.2, 0) is 4.79 Å². The highest BCUT2D eigenvalue weighted by atomic mass is 16.5. The number of ether oxygens (including phenoxy) is 1. The van der Waals surface area contributed by atoms with Crippen LogP contribution in [0.25, 0.3) is 0 Å². The van der Waals surface area contributed by atoms with Crippen molar-refractivity contribution in [3.8, 4) is 5.75 Å². The van der Waals surface area contributed by atoms with Crippen LogP contribution in [0, 0.1) is 6.92 Å². The zero-order valence-electron chi connectivity index (χ0n) is 9.67. The van der Waals surface area contributed by atoms with Crippen LogP contribution in [0.1, 0.15) is 12.0 Å². The van der Waals surface area contributed by atoms with E-state index in [0.717, 1.165) is 42.1 Å². The molecule has 17 heavy (non-hydrogen) atoms. The Balaban J connectivity index is 2.00. The van der Waals surface area contributed by atoms with Gasteiger partial charge in [-0.2, -0.15) is 0 Å². The molecule has 1 aromatic rings. The van der Waals surface area contributed by atoms with Gasteiger partial charge < -0.3 is 15.4 Å². The summed E-state index contributed by atoms with van der Waals surface area (Å²) < 4.78 is 5.71. The first-order valence-corrected chi connectivity index (χ1v) is 5.76. The number of carbonyl (C=O) groups is 1. The fourth-order valence-electron chi connectivity index (χ4n) is 2.16. The average molecular weight is 230 g/mol. The van der Waals surface area contributed by atoms with E-state index in [1.165, 1.54) is 0 Å². The summed E-state index contributed by atoms with van der Waals surface area (Å²) in [5.41, 5.74) is 2.91. The van der Waals surface area contributed by atoms with Crippen LogP contribution in [0.15, 0.2) is 29.5 Å². The molecule has 1 amide bonds. The molecule has 0 spiro atoms. The maximum absolute atomic E-state index is 11.9. The molecule has 0 radical (unpaired) electrons. The molecule has 1 aromatic carbocycles. The Bertz CT molecular complexity index is 512. The largest absolute Gasteiger partial charge is 0.449 e. The Morgan fingerprint density at radius 1 is 1.35 bits per heavy atom. The predicted molar refractivity (Wildman–Crippen MR) is 64.9 cm³/mol. The molecule has 88 valence electrons. The molecule has 0 saturated carbocycles. The lowest BCUT2D eigenvalue weighted by molar-refractivity contribution is -0.115. The van der Waals surface area contributed by atoms with Gasteiger partial charge in [-0.3, -0.25) is 4.79 Å². The summed E-state index contributed by atoms with van der Waals surface area (Å²) in [6.45, 7) is 3.64. The standard InChI is InChI=1S/C13H14N2O2/c1-8-2-3-11-10(6-8)15-13(16)12(17-11)9-4-5-14-7-9/h2-3,6,14H,4-5,7H2,1H3,(H,15,16)/b12-9-. The summed E-state index contributed by atoms with van der Waals surface area (Å²) in [5.74, 6) is 1.05. The molecule has 2 heterocycles. The molecule has 1 fully saturated rings. The third kappa shape index (κ3) is 1.80. The van der Waals surface area contributed by atoms with E-state index < -0.39 is 0 Å². The molecule has 0 atom stereocenters. The Morgan fingerprint density at radius 3 is 3.00 bits per heavy atom. The molecule has 4 nitrogen and oxygen atoms in total. The average Bonchev–Trinajstić information content (AvgIpc) is 2.81. The molecule has 4 heteroatoms. The summed E-state index contributed by atoms with van der Waals surface area (Å²) in [7, 11) is 0. The fraction of sp³-hybridized carbons (Fsp3) is 0.308. The summed E-state index contributed by atoms with van der Waals surface area (Å²) in [4.78, 5) is 11.9. The molecule has 1 saturated heterocycles. The number of nitrogens with one attached hydrogen (secondary N) is 2. The van der Waals surface area contributed by atoms with Gasteiger partial charge in [-0.15, -0.1) is 0 Å². The van der Waals surface area contributed by atoms with Crippen LogP contribution in [0.5, 0.6) is 5.75 Å². The molecule has 2 N–H and O–H groups in total. The second-order valence-electron chi connectivity index (χ2n) is 4.42. The van der Waals surface area contributed by atoms with E-state index in [9.17, 15) is 4.79 Å². The monoisotopic (exact) mass is 230 g/mol. The Hall–Kier alpha value is -1.81. The van der Waals surface area contributed by atoms with Crippen molar-refractivity contribution in [3.63, 3.8) is 0 Å². The number of carbonyl (C=O) groups excluding carboxylic acids is 1. The number of amides is 1. The Kier molecular flexibility index (Phi) is 2.37. The summed E-state index contributed by atoms with van der Waals surface area (Å²) in [6.07, 6.45) is 0.879. The zero-order chi connectivity index (χ0) is 11.8. The number of hydrogen-bond acceptors (Lipinski definition) is 3. The molecule has 0 bridgehead atoms. The van der Waals surface area contributed by atoms with E-state index in [4.69, 9.17) is 4.74 Å². The molecule has 2 aliphatic heterocycles. The van der Waals surface area contributed by atoms with E-state index in [1.54, 1.807) is 0 Å². The van der Waals surface area contributed by atoms with Crippen LogP contribution < -0.4 is 15.4 Å². The number of rotatable bonds is 0. The molecule has 0 aromatic heterocycles. The van der Waals surface area contributed by atoms with Crippen LogP contribution in [-0.4, -0.2) is 19.0 Å². The van der Waals surface area contributed by atoms with Crippen LogP contribution in [0.2, 0.25) is 0 Å². The highest BCUT2D eigenvalue weighted by molar-refractivity contribution is 6.06. The van der Waals surface area contributed by atoms with Crippen LogP contribution in [0.4, 0.5) is 5.69 Å². The normalized spacial score (nSPS) is 23.0. The number of hydrogen-bond donors (Lipinski definition) is 2. The van der Waals surface area contributed by atoms with Crippen molar-refractivity contribution in [2.75, 3.05) is 18.4 Å². The maximum atomic E-state index is 11.9. The molecular weight excluding hydrogens is 216 g/mol. The van der Waals surface area contributed by atoms with Crippen molar-refractivity contribution in [2.24, 2.45) is 0 Å². The molecule has 0 aliphatic carbocycles. The van der Waals surface area contributed by atoms with Crippen LogP contribution >= 0.6 is 0 Å². The topological polar surface area (TPSA) is 50.4 Å². The van der Waals surface area contributed by atoms with Gasteiger partial charge in [0, 0.05) is 6.54 Å². The number of aryl methyl sites for hydroxylation is 1. The highest BCUT2D eigenvalue weighted by Crippen LogP contribution is 2.33. The first-order chi connectivity index (χ1) is 8.24. The smallest absolute Gasteiger partial charge is 0.291 e. The quantitative estimate of drug-likeness (QED) is 0.665. The van der Waals surface area contributed by atoms with Crippen molar-refractivity contribution in [1.29, 1.82) is 0 Å². The lowest BCUT2D eigenvalue weighted by atomic mass is 10.1. The van der Waals surface area contributed by atoms with Crippen molar-refractivity contribution in [1.82, 2.24) is 5.32 Å². The van der Waals surface area contributed by atoms with Gasteiger partial charge in [0.05, 0.1) is 5.69 Å². The minimum atomic E-state index is -0.137. The van der Waals surface area contributed by atoms with Crippen molar-refractivity contribution in [3.05, 3.63) is 35.1 Å². The van der Waals surface area contributed by atoms with Crippen LogP contribution in [0.3, 0.4) is 0 Å². The lowest BCUT2D eigenvalue weighted by Crippen LogP contribution is -2.25. The van der Waals surface area contributed by atoms with Gasteiger partial charge in [0.25, 0.3) is 5.91 Å². The minimum Gasteiger partial charge on any atom is -0.449 e. The number of fused-ring (bicyclic) bond motifs is 1. The fourth-order valence-corrected chi connectivity index (χ4v) is 2.16. The highest BCUT2D eigenvalue weighted by Gasteiger charge is 2.26. The van der Waals surface area contributed by atoms with E-state index in [2.05, 4.69) is 10.6 Å². The number of anilines is 1. The summed E-state index contributed by atoms with van der Waals surface area (Å²) in [6, 6.07) is 5.79. The first kappa shape index (κ1) is 10.4. The van der Waals surface area contributed by atoms with E-state index in [-0.39, 0.29) is 5.91 Å². The SMILES string of the molecule is Cc1ccc2c(c1)NC(=O)/C(=C1\CCNC1)O2. The van der Waals surface area contributed by atoms with E-state index in [1.807, 2.05) is 25.1 Å². The van der Waals surface area contributed by atoms with Gasteiger partial charge in [0.15, 0.2) is 11.5 Å². The third-order valence-corrected chi connectivity index (χ3v) is 3.06. The third-order valence-electron chi connectivity index (χ3n) is 3.06. The van der Waals surface area contributed by atoms with Gasteiger partial charge in [-0.05, 0) is 43.2 Å².